The first kappa shape index (κ1) is 17.0. The number of rotatable bonds is 5. The second-order valence-electron chi connectivity index (χ2n) is 5.11. The van der Waals surface area contributed by atoms with E-state index in [1.807, 2.05) is 18.2 Å². The maximum Gasteiger partial charge on any atom is 0.315 e. The van der Waals surface area contributed by atoms with Gasteiger partial charge in [-0.25, -0.2) is 4.79 Å². The quantitative estimate of drug-likeness (QED) is 0.721. The number of hydrogen-bond acceptors (Lipinski definition) is 3. The van der Waals surface area contributed by atoms with Gasteiger partial charge in [0.2, 0.25) is 5.91 Å². The molecular formula is C15H20ClN3O2S. The van der Waals surface area contributed by atoms with Crippen molar-refractivity contribution in [3.8, 4) is 0 Å². The van der Waals surface area contributed by atoms with Crippen molar-refractivity contribution in [3.05, 3.63) is 28.8 Å². The Morgan fingerprint density at radius 3 is 2.86 bits per heavy atom. The minimum absolute atomic E-state index is 0.00899. The van der Waals surface area contributed by atoms with E-state index < -0.39 is 0 Å². The third kappa shape index (κ3) is 5.10. The number of urea groups is 1. The summed E-state index contributed by atoms with van der Waals surface area (Å²) in [6, 6.07) is 5.60. The highest BCUT2D eigenvalue weighted by Crippen LogP contribution is 2.37. The molecule has 0 saturated heterocycles. The van der Waals surface area contributed by atoms with E-state index in [2.05, 4.69) is 16.0 Å². The lowest BCUT2D eigenvalue weighted by molar-refractivity contribution is -0.118. The van der Waals surface area contributed by atoms with Gasteiger partial charge in [-0.15, -0.1) is 11.8 Å². The molecule has 120 valence electrons. The van der Waals surface area contributed by atoms with E-state index in [1.165, 1.54) is 11.8 Å². The van der Waals surface area contributed by atoms with Crippen LogP contribution < -0.4 is 16.0 Å². The second-order valence-corrected chi connectivity index (χ2v) is 6.68. The lowest BCUT2D eigenvalue weighted by Gasteiger charge is -2.26. The van der Waals surface area contributed by atoms with Crippen LogP contribution in [0, 0.1) is 0 Å². The molecule has 3 N–H and O–H groups in total. The zero-order valence-corrected chi connectivity index (χ0v) is 14.0. The Kier molecular flexibility index (Phi) is 6.39. The monoisotopic (exact) mass is 341 g/mol. The maximum atomic E-state index is 12.0. The van der Waals surface area contributed by atoms with Gasteiger partial charge in [0.05, 0.1) is 6.04 Å². The number of carbonyl (C=O) groups excluding carboxylic acids is 2. The van der Waals surface area contributed by atoms with Crippen LogP contribution in [0.5, 0.6) is 0 Å². The highest BCUT2D eigenvalue weighted by Gasteiger charge is 2.22. The number of benzene rings is 1. The molecule has 0 aliphatic carbocycles. The Hall–Kier alpha value is -1.40. The van der Waals surface area contributed by atoms with Gasteiger partial charge in [-0.05, 0) is 36.6 Å². The van der Waals surface area contributed by atoms with E-state index in [0.717, 1.165) is 17.7 Å². The number of nitrogens with one attached hydrogen (secondary N) is 3. The fourth-order valence-electron chi connectivity index (χ4n) is 2.28. The average molecular weight is 342 g/mol. The van der Waals surface area contributed by atoms with Crippen LogP contribution in [0.15, 0.2) is 23.1 Å². The largest absolute Gasteiger partial charge is 0.356 e. The van der Waals surface area contributed by atoms with E-state index in [4.69, 9.17) is 11.6 Å². The molecule has 1 aromatic rings. The normalized spacial score (nSPS) is 16.5. The molecule has 7 heteroatoms. The zero-order chi connectivity index (χ0) is 15.9. The molecule has 0 fully saturated rings. The van der Waals surface area contributed by atoms with E-state index in [0.29, 0.717) is 24.5 Å². The number of halogens is 1. The predicted octanol–water partition coefficient (Wildman–Crippen LogP) is 2.70. The molecule has 22 heavy (non-hydrogen) atoms. The zero-order valence-electron chi connectivity index (χ0n) is 12.4. The Bertz CT molecular complexity index is 554. The first-order valence-corrected chi connectivity index (χ1v) is 8.63. The lowest BCUT2D eigenvalue weighted by Crippen LogP contribution is -2.40. The standard InChI is InChI=1S/C15H20ClN3O2S/c1-10(20)17-6-2-7-18-15(21)19-13-5-8-22-14-4-3-11(16)9-12(13)14/h3-4,9,13H,2,5-8H2,1H3,(H,17,20)(H2,18,19,21). The smallest absolute Gasteiger partial charge is 0.315 e. The molecule has 0 aromatic heterocycles. The third-order valence-corrected chi connectivity index (χ3v) is 4.69. The van der Waals surface area contributed by atoms with Gasteiger partial charge in [-0.1, -0.05) is 11.6 Å². The summed E-state index contributed by atoms with van der Waals surface area (Å²) in [4.78, 5) is 23.9. The highest BCUT2D eigenvalue weighted by molar-refractivity contribution is 7.99. The van der Waals surface area contributed by atoms with Crippen molar-refractivity contribution >= 4 is 35.3 Å². The molecule has 1 aliphatic rings. The van der Waals surface area contributed by atoms with E-state index in [1.54, 1.807) is 11.8 Å². The Morgan fingerprint density at radius 1 is 1.32 bits per heavy atom. The van der Waals surface area contributed by atoms with Crippen LogP contribution >= 0.6 is 23.4 Å². The van der Waals surface area contributed by atoms with Crippen LogP contribution in [0.1, 0.15) is 31.4 Å². The molecule has 0 bridgehead atoms. The minimum Gasteiger partial charge on any atom is -0.356 e. The van der Waals surface area contributed by atoms with Gasteiger partial charge in [-0.2, -0.15) is 0 Å². The van der Waals surface area contributed by atoms with Gasteiger partial charge in [-0.3, -0.25) is 4.79 Å². The molecular weight excluding hydrogens is 322 g/mol. The Labute approximate surface area is 139 Å². The third-order valence-electron chi connectivity index (χ3n) is 3.33. The molecule has 1 atom stereocenters. The van der Waals surface area contributed by atoms with Crippen molar-refractivity contribution in [2.24, 2.45) is 0 Å². The van der Waals surface area contributed by atoms with Gasteiger partial charge in [0.25, 0.3) is 0 Å². The van der Waals surface area contributed by atoms with Gasteiger partial charge >= 0.3 is 6.03 Å². The van der Waals surface area contributed by atoms with Crippen LogP contribution in [0.3, 0.4) is 0 Å². The van der Waals surface area contributed by atoms with Crippen molar-refractivity contribution in [2.45, 2.75) is 30.7 Å². The fraction of sp³-hybridized carbons (Fsp3) is 0.467. The fourth-order valence-corrected chi connectivity index (χ4v) is 3.57. The molecule has 0 radical (unpaired) electrons. The number of thioether (sulfide) groups is 1. The van der Waals surface area contributed by atoms with Gasteiger partial charge in [0.1, 0.15) is 0 Å². The van der Waals surface area contributed by atoms with Crippen molar-refractivity contribution in [1.29, 1.82) is 0 Å². The molecule has 2 rings (SSSR count). The van der Waals surface area contributed by atoms with Crippen LogP contribution in [0.2, 0.25) is 5.02 Å². The summed E-state index contributed by atoms with van der Waals surface area (Å²) in [5, 5.41) is 9.18. The highest BCUT2D eigenvalue weighted by atomic mass is 35.5. The molecule has 1 aromatic carbocycles. The Balaban J connectivity index is 1.80. The van der Waals surface area contributed by atoms with Crippen molar-refractivity contribution in [3.63, 3.8) is 0 Å². The van der Waals surface area contributed by atoms with Gasteiger partial charge < -0.3 is 16.0 Å². The Morgan fingerprint density at radius 2 is 2.09 bits per heavy atom. The van der Waals surface area contributed by atoms with Crippen molar-refractivity contribution in [1.82, 2.24) is 16.0 Å². The first-order chi connectivity index (χ1) is 10.6. The summed E-state index contributed by atoms with van der Waals surface area (Å²) < 4.78 is 0. The predicted molar refractivity (Wildman–Crippen MR) is 89.4 cm³/mol. The summed E-state index contributed by atoms with van der Waals surface area (Å²) >= 11 is 7.84. The topological polar surface area (TPSA) is 70.2 Å². The number of hydrogen-bond donors (Lipinski definition) is 3. The average Bonchev–Trinajstić information content (AvgIpc) is 2.47. The summed E-state index contributed by atoms with van der Waals surface area (Å²) in [6.45, 7) is 2.56. The van der Waals surface area contributed by atoms with Crippen LogP contribution in [0.25, 0.3) is 0 Å². The van der Waals surface area contributed by atoms with E-state index >= 15 is 0 Å². The summed E-state index contributed by atoms with van der Waals surface area (Å²) in [6.07, 6.45) is 1.59. The summed E-state index contributed by atoms with van der Waals surface area (Å²) in [7, 11) is 0. The molecule has 5 nitrogen and oxygen atoms in total. The van der Waals surface area contributed by atoms with Crippen LogP contribution in [-0.4, -0.2) is 30.8 Å². The lowest BCUT2D eigenvalue weighted by atomic mass is 10.0. The van der Waals surface area contributed by atoms with Gasteiger partial charge in [0.15, 0.2) is 0 Å². The maximum absolute atomic E-state index is 12.0. The molecule has 1 heterocycles. The SMILES string of the molecule is CC(=O)NCCCNC(=O)NC1CCSc2ccc(Cl)cc21. The summed E-state index contributed by atoms with van der Waals surface area (Å²) in [5.41, 5.74) is 1.08. The van der Waals surface area contributed by atoms with E-state index in [9.17, 15) is 9.59 Å². The van der Waals surface area contributed by atoms with Crippen molar-refractivity contribution < 1.29 is 9.59 Å². The van der Waals surface area contributed by atoms with E-state index in [-0.39, 0.29) is 18.0 Å². The molecule has 3 amide bonds. The summed E-state index contributed by atoms with van der Waals surface area (Å²) in [5.74, 6) is 0.917. The molecule has 1 unspecified atom stereocenters. The first-order valence-electron chi connectivity index (χ1n) is 7.27. The second kappa shape index (κ2) is 8.29. The number of fused-ring (bicyclic) bond motifs is 1. The number of amides is 3. The molecule has 0 spiro atoms. The van der Waals surface area contributed by atoms with Crippen molar-refractivity contribution in [2.75, 3.05) is 18.8 Å². The molecule has 0 saturated carbocycles. The molecule has 1 aliphatic heterocycles. The number of carbonyl (C=O) groups is 2. The van der Waals surface area contributed by atoms with Gasteiger partial charge in [0, 0.05) is 35.7 Å². The van der Waals surface area contributed by atoms with Crippen LogP contribution in [0.4, 0.5) is 4.79 Å². The van der Waals surface area contributed by atoms with Crippen LogP contribution in [-0.2, 0) is 4.79 Å². The minimum atomic E-state index is -0.189.